The van der Waals surface area contributed by atoms with Crippen molar-refractivity contribution in [2.24, 2.45) is 11.3 Å². The SMILES string of the molecule is CCOC(=O)c1c(NC(=O)[C@H](CC)Oc2ccc(C)c(C)c2)sc2c1CC[C@H](C(C)(C)C)C2. The van der Waals surface area contributed by atoms with Crippen LogP contribution in [-0.2, 0) is 22.4 Å². The third-order valence-corrected chi connectivity index (χ3v) is 7.80. The van der Waals surface area contributed by atoms with Gasteiger partial charge in [-0.15, -0.1) is 11.3 Å². The monoisotopic (exact) mass is 471 g/mol. The van der Waals surface area contributed by atoms with Gasteiger partial charge in [-0.05, 0) is 86.6 Å². The van der Waals surface area contributed by atoms with Crippen LogP contribution in [0, 0.1) is 25.2 Å². The normalized spacial score (nSPS) is 16.6. The van der Waals surface area contributed by atoms with Crippen LogP contribution >= 0.6 is 11.3 Å². The summed E-state index contributed by atoms with van der Waals surface area (Å²) in [5.41, 5.74) is 4.06. The number of carbonyl (C=O) groups excluding carboxylic acids is 2. The summed E-state index contributed by atoms with van der Waals surface area (Å²) in [4.78, 5) is 27.2. The lowest BCUT2D eigenvalue weighted by atomic mass is 9.72. The quantitative estimate of drug-likeness (QED) is 0.469. The molecule has 6 heteroatoms. The molecule has 33 heavy (non-hydrogen) atoms. The summed E-state index contributed by atoms with van der Waals surface area (Å²) in [6, 6.07) is 5.83. The zero-order valence-electron chi connectivity index (χ0n) is 21.0. The van der Waals surface area contributed by atoms with Crippen LogP contribution in [0.15, 0.2) is 18.2 Å². The van der Waals surface area contributed by atoms with E-state index in [2.05, 4.69) is 26.1 Å². The smallest absolute Gasteiger partial charge is 0.341 e. The van der Waals surface area contributed by atoms with E-state index in [0.29, 0.717) is 35.3 Å². The number of anilines is 1. The van der Waals surface area contributed by atoms with Gasteiger partial charge in [-0.3, -0.25) is 4.79 Å². The van der Waals surface area contributed by atoms with Gasteiger partial charge in [0.05, 0.1) is 12.2 Å². The number of esters is 1. The lowest BCUT2D eigenvalue weighted by molar-refractivity contribution is -0.122. The van der Waals surface area contributed by atoms with Gasteiger partial charge in [0.2, 0.25) is 0 Å². The van der Waals surface area contributed by atoms with Crippen molar-refractivity contribution >= 4 is 28.2 Å². The second kappa shape index (κ2) is 10.3. The van der Waals surface area contributed by atoms with Crippen molar-refractivity contribution in [3.8, 4) is 5.75 Å². The van der Waals surface area contributed by atoms with Crippen molar-refractivity contribution in [1.82, 2.24) is 0 Å². The third kappa shape index (κ3) is 5.78. The Morgan fingerprint density at radius 2 is 1.91 bits per heavy atom. The maximum absolute atomic E-state index is 13.2. The second-order valence-electron chi connectivity index (χ2n) is 9.98. The van der Waals surface area contributed by atoms with Gasteiger partial charge >= 0.3 is 5.97 Å². The molecule has 0 spiro atoms. The van der Waals surface area contributed by atoms with Crippen molar-refractivity contribution in [2.45, 2.75) is 80.3 Å². The lowest BCUT2D eigenvalue weighted by Crippen LogP contribution is -2.32. The highest BCUT2D eigenvalue weighted by Crippen LogP contribution is 2.44. The first-order valence-corrected chi connectivity index (χ1v) is 12.7. The molecule has 0 saturated heterocycles. The van der Waals surface area contributed by atoms with Gasteiger partial charge in [0.15, 0.2) is 6.10 Å². The van der Waals surface area contributed by atoms with E-state index in [1.54, 1.807) is 6.92 Å². The van der Waals surface area contributed by atoms with Gasteiger partial charge in [0, 0.05) is 4.88 Å². The van der Waals surface area contributed by atoms with Crippen LogP contribution in [0.2, 0.25) is 0 Å². The Hall–Kier alpha value is -2.34. The van der Waals surface area contributed by atoms with Crippen LogP contribution in [0.5, 0.6) is 5.75 Å². The molecule has 1 aliphatic rings. The van der Waals surface area contributed by atoms with Gasteiger partial charge in [0.25, 0.3) is 5.91 Å². The molecule has 3 rings (SSSR count). The van der Waals surface area contributed by atoms with Crippen molar-refractivity contribution in [3.63, 3.8) is 0 Å². The van der Waals surface area contributed by atoms with Crippen molar-refractivity contribution in [3.05, 3.63) is 45.3 Å². The molecule has 5 nitrogen and oxygen atoms in total. The number of hydrogen-bond acceptors (Lipinski definition) is 5. The molecule has 1 aromatic heterocycles. The van der Waals surface area contributed by atoms with Gasteiger partial charge < -0.3 is 14.8 Å². The standard InChI is InChI=1S/C27H37NO4S/c1-8-21(32-19-12-10-16(3)17(4)14-19)24(29)28-25-23(26(30)31-9-2)20-13-11-18(27(5,6)7)15-22(20)33-25/h10,12,14,18,21H,8-9,11,13,15H2,1-7H3,(H,28,29)/t18-,21-/m0/s1. The lowest BCUT2D eigenvalue weighted by Gasteiger charge is -2.33. The number of fused-ring (bicyclic) bond motifs is 1. The molecule has 180 valence electrons. The van der Waals surface area contributed by atoms with E-state index in [-0.39, 0.29) is 17.3 Å². The molecule has 1 N–H and O–H groups in total. The molecule has 0 unspecified atom stereocenters. The maximum Gasteiger partial charge on any atom is 0.341 e. The van der Waals surface area contributed by atoms with Crippen LogP contribution in [0.3, 0.4) is 0 Å². The molecule has 2 atom stereocenters. The first-order chi connectivity index (χ1) is 15.5. The van der Waals surface area contributed by atoms with Gasteiger partial charge in [0.1, 0.15) is 10.8 Å². The van der Waals surface area contributed by atoms with Gasteiger partial charge in [-0.25, -0.2) is 4.79 Å². The molecule has 0 saturated carbocycles. The Balaban J connectivity index is 1.86. The average Bonchev–Trinajstić information content (AvgIpc) is 3.10. The number of nitrogens with one attached hydrogen (secondary N) is 1. The first kappa shape index (κ1) is 25.3. The summed E-state index contributed by atoms with van der Waals surface area (Å²) in [7, 11) is 0. The van der Waals surface area contributed by atoms with Crippen LogP contribution in [-0.4, -0.2) is 24.6 Å². The predicted octanol–water partition coefficient (Wildman–Crippen LogP) is 6.49. The summed E-state index contributed by atoms with van der Waals surface area (Å²) >= 11 is 1.51. The van der Waals surface area contributed by atoms with Gasteiger partial charge in [-0.1, -0.05) is 33.8 Å². The summed E-state index contributed by atoms with van der Waals surface area (Å²) in [6.45, 7) is 14.9. The van der Waals surface area contributed by atoms with Crippen LogP contribution < -0.4 is 10.1 Å². The number of rotatable bonds is 7. The molecular weight excluding hydrogens is 434 g/mol. The number of benzene rings is 1. The fourth-order valence-electron chi connectivity index (χ4n) is 4.30. The minimum absolute atomic E-state index is 0.197. The highest BCUT2D eigenvalue weighted by atomic mass is 32.1. The Morgan fingerprint density at radius 1 is 1.18 bits per heavy atom. The second-order valence-corrected chi connectivity index (χ2v) is 11.1. The van der Waals surface area contributed by atoms with Gasteiger partial charge in [-0.2, -0.15) is 0 Å². The van der Waals surface area contributed by atoms with E-state index >= 15 is 0 Å². The van der Waals surface area contributed by atoms with Crippen molar-refractivity contribution in [2.75, 3.05) is 11.9 Å². The maximum atomic E-state index is 13.2. The molecule has 0 fully saturated rings. The zero-order valence-corrected chi connectivity index (χ0v) is 21.8. The highest BCUT2D eigenvalue weighted by molar-refractivity contribution is 7.17. The van der Waals surface area contributed by atoms with E-state index in [1.165, 1.54) is 21.8 Å². The Morgan fingerprint density at radius 3 is 2.52 bits per heavy atom. The third-order valence-electron chi connectivity index (χ3n) is 6.63. The molecule has 2 aromatic rings. The van der Waals surface area contributed by atoms with E-state index in [4.69, 9.17) is 9.47 Å². The van der Waals surface area contributed by atoms with Crippen molar-refractivity contribution in [1.29, 1.82) is 0 Å². The summed E-state index contributed by atoms with van der Waals surface area (Å²) in [5.74, 6) is 0.609. The molecule has 1 amide bonds. The summed E-state index contributed by atoms with van der Waals surface area (Å²) < 4.78 is 11.4. The number of hydrogen-bond donors (Lipinski definition) is 1. The Kier molecular flexibility index (Phi) is 7.88. The number of carbonyl (C=O) groups is 2. The molecule has 1 heterocycles. The van der Waals surface area contributed by atoms with E-state index < -0.39 is 6.10 Å². The van der Waals surface area contributed by atoms with Crippen LogP contribution in [0.4, 0.5) is 5.00 Å². The minimum atomic E-state index is -0.649. The largest absolute Gasteiger partial charge is 0.481 e. The molecule has 1 aliphatic carbocycles. The molecule has 0 aliphatic heterocycles. The van der Waals surface area contributed by atoms with Crippen LogP contribution in [0.1, 0.15) is 79.4 Å². The summed E-state index contributed by atoms with van der Waals surface area (Å²) in [5, 5.41) is 3.60. The Labute approximate surface area is 201 Å². The van der Waals surface area contributed by atoms with Crippen LogP contribution in [0.25, 0.3) is 0 Å². The highest BCUT2D eigenvalue weighted by Gasteiger charge is 2.35. The fourth-order valence-corrected chi connectivity index (χ4v) is 5.62. The number of ether oxygens (including phenoxy) is 2. The van der Waals surface area contributed by atoms with E-state index in [0.717, 1.165) is 30.4 Å². The van der Waals surface area contributed by atoms with E-state index in [9.17, 15) is 9.59 Å². The number of aryl methyl sites for hydroxylation is 2. The topological polar surface area (TPSA) is 64.6 Å². The number of amides is 1. The predicted molar refractivity (Wildman–Crippen MR) is 134 cm³/mol. The molecule has 0 radical (unpaired) electrons. The van der Waals surface area contributed by atoms with Crippen molar-refractivity contribution < 1.29 is 19.1 Å². The molecule has 0 bridgehead atoms. The Bertz CT molecular complexity index is 1020. The van der Waals surface area contributed by atoms with E-state index in [1.807, 2.05) is 39.0 Å². The summed E-state index contributed by atoms with van der Waals surface area (Å²) in [6.07, 6.45) is 2.64. The first-order valence-electron chi connectivity index (χ1n) is 11.9. The molecular formula is C27H37NO4S. The zero-order chi connectivity index (χ0) is 24.3. The average molecular weight is 472 g/mol. The molecule has 1 aromatic carbocycles. The fraction of sp³-hybridized carbons (Fsp3) is 0.556. The minimum Gasteiger partial charge on any atom is -0.481 e. The number of thiophene rings is 1.